The molecule has 5 nitrogen and oxygen atoms in total. The van der Waals surface area contributed by atoms with E-state index in [0.717, 1.165) is 12.1 Å². The van der Waals surface area contributed by atoms with E-state index in [0.29, 0.717) is 22.6 Å². The standard InChI is InChI=1S/C15H12F3N3O2/c1-8-13(23-2)14(22)21-12(19-8)7-11(20-21)9-3-5-10(6-4-9)15(16,17)18/h3-7,20H,1-2H3. The highest BCUT2D eigenvalue weighted by Gasteiger charge is 2.30. The molecule has 0 aliphatic rings. The van der Waals surface area contributed by atoms with Gasteiger partial charge in [0.1, 0.15) is 0 Å². The van der Waals surface area contributed by atoms with Crippen LogP contribution in [0.3, 0.4) is 0 Å². The van der Waals surface area contributed by atoms with E-state index in [4.69, 9.17) is 4.74 Å². The van der Waals surface area contributed by atoms with Crippen molar-refractivity contribution in [3.05, 3.63) is 51.9 Å². The van der Waals surface area contributed by atoms with Gasteiger partial charge in [0.2, 0.25) is 5.75 Å². The number of hydrogen-bond donors (Lipinski definition) is 1. The van der Waals surface area contributed by atoms with Gasteiger partial charge in [-0.25, -0.2) is 4.98 Å². The average molecular weight is 323 g/mol. The number of nitrogens with zero attached hydrogens (tertiary/aromatic N) is 2. The Labute approximate surface area is 128 Å². The first-order chi connectivity index (χ1) is 10.8. The monoisotopic (exact) mass is 323 g/mol. The molecule has 3 rings (SSSR count). The van der Waals surface area contributed by atoms with Crippen molar-refractivity contribution in [1.82, 2.24) is 14.6 Å². The van der Waals surface area contributed by atoms with Gasteiger partial charge in [-0.1, -0.05) is 12.1 Å². The number of nitrogens with one attached hydrogen (secondary N) is 1. The number of H-pyrrole nitrogens is 1. The molecule has 0 radical (unpaired) electrons. The summed E-state index contributed by atoms with van der Waals surface area (Å²) in [6.45, 7) is 1.64. The molecule has 0 atom stereocenters. The number of benzene rings is 1. The first-order valence-corrected chi connectivity index (χ1v) is 6.65. The van der Waals surface area contributed by atoms with Crippen molar-refractivity contribution in [2.75, 3.05) is 7.11 Å². The topological polar surface area (TPSA) is 59.4 Å². The van der Waals surface area contributed by atoms with Gasteiger partial charge in [0.25, 0.3) is 0 Å². The van der Waals surface area contributed by atoms with Crippen LogP contribution in [0.2, 0.25) is 0 Å². The lowest BCUT2D eigenvalue weighted by Crippen LogP contribution is -2.18. The molecule has 120 valence electrons. The number of alkyl halides is 3. The predicted molar refractivity (Wildman–Crippen MR) is 77.5 cm³/mol. The Balaban J connectivity index is 2.11. The molecule has 0 fully saturated rings. The summed E-state index contributed by atoms with van der Waals surface area (Å²) in [7, 11) is 1.37. The molecule has 2 heterocycles. The van der Waals surface area contributed by atoms with E-state index in [1.54, 1.807) is 13.0 Å². The molecule has 0 spiro atoms. The zero-order valence-electron chi connectivity index (χ0n) is 12.2. The number of aromatic amines is 1. The minimum atomic E-state index is -4.39. The molecule has 0 amide bonds. The number of rotatable bonds is 2. The summed E-state index contributed by atoms with van der Waals surface area (Å²) < 4.78 is 44.0. The maximum atomic E-state index is 12.6. The number of hydrogen-bond acceptors (Lipinski definition) is 3. The Kier molecular flexibility index (Phi) is 3.39. The van der Waals surface area contributed by atoms with Crippen molar-refractivity contribution in [3.63, 3.8) is 0 Å². The number of aromatic nitrogens is 3. The fourth-order valence-corrected chi connectivity index (χ4v) is 2.34. The first kappa shape index (κ1) is 15.1. The van der Waals surface area contributed by atoms with Gasteiger partial charge in [0.15, 0.2) is 5.65 Å². The molecule has 3 aromatic rings. The van der Waals surface area contributed by atoms with E-state index in [2.05, 4.69) is 10.1 Å². The first-order valence-electron chi connectivity index (χ1n) is 6.65. The molecule has 2 aromatic heterocycles. The van der Waals surface area contributed by atoms with E-state index in [1.807, 2.05) is 0 Å². The lowest BCUT2D eigenvalue weighted by molar-refractivity contribution is -0.137. The fourth-order valence-electron chi connectivity index (χ4n) is 2.34. The molecule has 0 saturated carbocycles. The van der Waals surface area contributed by atoms with Gasteiger partial charge in [-0.2, -0.15) is 17.7 Å². The summed E-state index contributed by atoms with van der Waals surface area (Å²) in [5, 5.41) is 2.82. The van der Waals surface area contributed by atoms with Crippen molar-refractivity contribution in [2.45, 2.75) is 13.1 Å². The summed E-state index contributed by atoms with van der Waals surface area (Å²) in [6.07, 6.45) is -4.39. The maximum Gasteiger partial charge on any atom is 0.416 e. The van der Waals surface area contributed by atoms with E-state index in [-0.39, 0.29) is 5.75 Å². The lowest BCUT2D eigenvalue weighted by Gasteiger charge is -2.06. The van der Waals surface area contributed by atoms with Crippen LogP contribution in [0.5, 0.6) is 5.75 Å². The highest BCUT2D eigenvalue weighted by Crippen LogP contribution is 2.30. The normalized spacial score (nSPS) is 11.9. The van der Waals surface area contributed by atoms with E-state index >= 15 is 0 Å². The molecule has 0 aliphatic carbocycles. The summed E-state index contributed by atoms with van der Waals surface area (Å²) in [5.41, 5.74) is 0.660. The van der Waals surface area contributed by atoms with E-state index < -0.39 is 17.3 Å². The zero-order chi connectivity index (χ0) is 16.8. The Morgan fingerprint density at radius 3 is 2.43 bits per heavy atom. The van der Waals surface area contributed by atoms with Gasteiger partial charge >= 0.3 is 11.7 Å². The molecular weight excluding hydrogens is 311 g/mol. The van der Waals surface area contributed by atoms with Gasteiger partial charge in [0, 0.05) is 6.07 Å². The minimum Gasteiger partial charge on any atom is -0.490 e. The van der Waals surface area contributed by atoms with Crippen molar-refractivity contribution in [1.29, 1.82) is 0 Å². The molecule has 0 bridgehead atoms. The number of aryl methyl sites for hydroxylation is 1. The van der Waals surface area contributed by atoms with Crippen LogP contribution in [0.1, 0.15) is 11.3 Å². The molecule has 23 heavy (non-hydrogen) atoms. The Morgan fingerprint density at radius 1 is 1.22 bits per heavy atom. The van der Waals surface area contributed by atoms with Crippen LogP contribution in [-0.4, -0.2) is 21.7 Å². The Morgan fingerprint density at radius 2 is 1.87 bits per heavy atom. The maximum absolute atomic E-state index is 12.6. The molecule has 0 aliphatic heterocycles. The van der Waals surface area contributed by atoms with Crippen molar-refractivity contribution < 1.29 is 17.9 Å². The number of halogens is 3. The fraction of sp³-hybridized carbons (Fsp3) is 0.200. The second kappa shape index (κ2) is 5.15. The molecular formula is C15H12F3N3O2. The largest absolute Gasteiger partial charge is 0.490 e. The van der Waals surface area contributed by atoms with Gasteiger partial charge in [-0.3, -0.25) is 9.89 Å². The summed E-state index contributed by atoms with van der Waals surface area (Å²) in [4.78, 5) is 16.5. The van der Waals surface area contributed by atoms with E-state index in [9.17, 15) is 18.0 Å². The minimum absolute atomic E-state index is 0.114. The summed E-state index contributed by atoms with van der Waals surface area (Å²) in [6, 6.07) is 6.24. The highest BCUT2D eigenvalue weighted by molar-refractivity contribution is 5.64. The third-order valence-corrected chi connectivity index (χ3v) is 3.47. The number of fused-ring (bicyclic) bond motifs is 1. The Hall–Kier alpha value is -2.77. The third kappa shape index (κ3) is 2.56. The van der Waals surface area contributed by atoms with Crippen molar-refractivity contribution in [3.8, 4) is 17.0 Å². The molecule has 0 unspecified atom stereocenters. The molecule has 8 heteroatoms. The van der Waals surface area contributed by atoms with Crippen molar-refractivity contribution >= 4 is 5.65 Å². The zero-order valence-corrected chi connectivity index (χ0v) is 12.2. The average Bonchev–Trinajstić information content (AvgIpc) is 2.91. The van der Waals surface area contributed by atoms with Gasteiger partial charge in [-0.05, 0) is 24.6 Å². The van der Waals surface area contributed by atoms with Crippen LogP contribution < -0.4 is 10.3 Å². The van der Waals surface area contributed by atoms with Crippen LogP contribution in [-0.2, 0) is 6.18 Å². The van der Waals surface area contributed by atoms with E-state index in [1.165, 1.54) is 23.8 Å². The number of ether oxygens (including phenoxy) is 1. The van der Waals surface area contributed by atoms with Gasteiger partial charge < -0.3 is 4.74 Å². The summed E-state index contributed by atoms with van der Waals surface area (Å²) in [5.74, 6) is 0.114. The quantitative estimate of drug-likeness (QED) is 0.788. The number of methoxy groups -OCH3 is 1. The Bertz CT molecular complexity index is 924. The van der Waals surface area contributed by atoms with Crippen molar-refractivity contribution in [2.24, 2.45) is 0 Å². The van der Waals surface area contributed by atoms with Gasteiger partial charge in [0.05, 0.1) is 24.1 Å². The highest BCUT2D eigenvalue weighted by atomic mass is 19.4. The molecule has 0 saturated heterocycles. The van der Waals surface area contributed by atoms with Crippen LogP contribution in [0.15, 0.2) is 35.1 Å². The second-order valence-corrected chi connectivity index (χ2v) is 4.97. The SMILES string of the molecule is COc1c(C)nc2cc(-c3ccc(C(F)(F)F)cc3)[nH]n2c1=O. The van der Waals surface area contributed by atoms with Gasteiger partial charge in [-0.15, -0.1) is 0 Å². The predicted octanol–water partition coefficient (Wildman–Crippen LogP) is 3.03. The molecule has 1 aromatic carbocycles. The smallest absolute Gasteiger partial charge is 0.416 e. The lowest BCUT2D eigenvalue weighted by atomic mass is 10.1. The van der Waals surface area contributed by atoms with Crippen LogP contribution >= 0.6 is 0 Å². The van der Waals surface area contributed by atoms with Crippen LogP contribution in [0, 0.1) is 6.92 Å². The second-order valence-electron chi connectivity index (χ2n) is 4.97. The summed E-state index contributed by atoms with van der Waals surface area (Å²) >= 11 is 0. The van der Waals surface area contributed by atoms with Crippen LogP contribution in [0.4, 0.5) is 13.2 Å². The van der Waals surface area contributed by atoms with Crippen LogP contribution in [0.25, 0.3) is 16.9 Å². The third-order valence-electron chi connectivity index (χ3n) is 3.47. The molecule has 1 N–H and O–H groups in total.